The number of amides is 1. The third-order valence-corrected chi connectivity index (χ3v) is 7.74. The number of halogens is 6. The van der Waals surface area contributed by atoms with Crippen LogP contribution in [0.3, 0.4) is 0 Å². The molecule has 4 atom stereocenters. The minimum absolute atomic E-state index is 0.00983. The van der Waals surface area contributed by atoms with E-state index in [1.807, 2.05) is 13.8 Å². The Hall–Kier alpha value is -1.51. The van der Waals surface area contributed by atoms with Gasteiger partial charge in [-0.1, -0.05) is 33.8 Å². The summed E-state index contributed by atoms with van der Waals surface area (Å²) in [4.78, 5) is 15.9. The Bertz CT molecular complexity index is 774. The SMILES string of the molecule is C/C(=C\C(=C/CC(F)(F)F)CNC(=O)C1(C(C)C)CCC(N2CC(C)CCC(C)C2)C1)C(F)(F)F. The molecule has 2 fully saturated rings. The maximum absolute atomic E-state index is 13.4. The fourth-order valence-corrected chi connectivity index (χ4v) is 5.43. The molecule has 0 radical (unpaired) electrons. The Morgan fingerprint density at radius 2 is 1.63 bits per heavy atom. The highest BCUT2D eigenvalue weighted by atomic mass is 19.4. The summed E-state index contributed by atoms with van der Waals surface area (Å²) < 4.78 is 77.1. The molecule has 0 spiro atoms. The second kappa shape index (κ2) is 11.7. The monoisotopic (exact) mass is 510 g/mol. The van der Waals surface area contributed by atoms with E-state index in [1.165, 1.54) is 12.8 Å². The van der Waals surface area contributed by atoms with Crippen LogP contribution < -0.4 is 5.32 Å². The van der Waals surface area contributed by atoms with Crippen molar-refractivity contribution in [3.63, 3.8) is 0 Å². The molecule has 1 heterocycles. The summed E-state index contributed by atoms with van der Waals surface area (Å²) in [5, 5.41) is 2.69. The Labute approximate surface area is 205 Å². The number of allylic oxidation sites excluding steroid dienone is 2. The number of nitrogens with one attached hydrogen (secondary N) is 1. The summed E-state index contributed by atoms with van der Waals surface area (Å²) in [6.45, 7) is 10.8. The predicted octanol–water partition coefficient (Wildman–Crippen LogP) is 7.05. The van der Waals surface area contributed by atoms with Crippen molar-refractivity contribution in [3.8, 4) is 0 Å². The van der Waals surface area contributed by atoms with Crippen LogP contribution in [0.5, 0.6) is 0 Å². The largest absolute Gasteiger partial charge is 0.412 e. The summed E-state index contributed by atoms with van der Waals surface area (Å²) in [6.07, 6.45) is -4.64. The molecule has 0 aromatic heterocycles. The van der Waals surface area contributed by atoms with Crippen molar-refractivity contribution < 1.29 is 31.1 Å². The van der Waals surface area contributed by atoms with Crippen molar-refractivity contribution in [2.24, 2.45) is 23.2 Å². The van der Waals surface area contributed by atoms with Gasteiger partial charge in [-0.2, -0.15) is 26.3 Å². The molecule has 1 aliphatic heterocycles. The number of likely N-dealkylation sites (tertiary alicyclic amines) is 1. The lowest BCUT2D eigenvalue weighted by Gasteiger charge is -2.35. The molecule has 0 aromatic carbocycles. The van der Waals surface area contributed by atoms with Gasteiger partial charge in [0.2, 0.25) is 5.91 Å². The first kappa shape index (κ1) is 29.7. The van der Waals surface area contributed by atoms with Crippen LogP contribution in [0, 0.1) is 23.2 Å². The Morgan fingerprint density at radius 1 is 1.06 bits per heavy atom. The maximum Gasteiger partial charge on any atom is 0.412 e. The van der Waals surface area contributed by atoms with E-state index < -0.39 is 29.8 Å². The zero-order valence-electron chi connectivity index (χ0n) is 21.5. The van der Waals surface area contributed by atoms with Gasteiger partial charge in [0.05, 0.1) is 11.8 Å². The van der Waals surface area contributed by atoms with Gasteiger partial charge in [-0.05, 0) is 68.4 Å². The Morgan fingerprint density at radius 3 is 2.11 bits per heavy atom. The first-order valence-electron chi connectivity index (χ1n) is 12.6. The van der Waals surface area contributed by atoms with Gasteiger partial charge in [0.1, 0.15) is 0 Å². The summed E-state index contributed by atoms with van der Waals surface area (Å²) in [5.74, 6) is 0.854. The number of carbonyl (C=O) groups excluding carboxylic acids is 1. The summed E-state index contributed by atoms with van der Waals surface area (Å²) in [7, 11) is 0. The summed E-state index contributed by atoms with van der Waals surface area (Å²) in [5.41, 5.74) is -1.90. The number of hydrogen-bond acceptors (Lipinski definition) is 2. The Kier molecular flexibility index (Phi) is 9.93. The number of nitrogens with zero attached hydrogens (tertiary/aromatic N) is 1. The lowest BCUT2D eigenvalue weighted by molar-refractivity contribution is -0.133. The zero-order valence-corrected chi connectivity index (χ0v) is 21.5. The second-order valence-corrected chi connectivity index (χ2v) is 11.1. The van der Waals surface area contributed by atoms with E-state index in [9.17, 15) is 31.1 Å². The highest BCUT2D eigenvalue weighted by Crippen LogP contribution is 2.47. The third-order valence-electron chi connectivity index (χ3n) is 7.74. The van der Waals surface area contributed by atoms with Crippen LogP contribution in [0.25, 0.3) is 0 Å². The first-order valence-corrected chi connectivity index (χ1v) is 12.6. The number of rotatable bonds is 7. The number of alkyl halides is 6. The van der Waals surface area contributed by atoms with E-state index in [4.69, 9.17) is 0 Å². The topological polar surface area (TPSA) is 32.3 Å². The van der Waals surface area contributed by atoms with Gasteiger partial charge in [-0.15, -0.1) is 0 Å². The van der Waals surface area contributed by atoms with Crippen LogP contribution in [0.2, 0.25) is 0 Å². The highest BCUT2D eigenvalue weighted by molar-refractivity contribution is 5.83. The van der Waals surface area contributed by atoms with Crippen molar-refractivity contribution in [1.29, 1.82) is 0 Å². The van der Waals surface area contributed by atoms with Crippen molar-refractivity contribution >= 4 is 5.91 Å². The van der Waals surface area contributed by atoms with Crippen molar-refractivity contribution in [2.45, 2.75) is 91.5 Å². The molecular weight excluding hydrogens is 470 g/mol. The number of hydrogen-bond donors (Lipinski definition) is 1. The van der Waals surface area contributed by atoms with Crippen molar-refractivity contribution in [2.75, 3.05) is 19.6 Å². The van der Waals surface area contributed by atoms with Crippen LogP contribution in [0.1, 0.15) is 73.1 Å². The molecular formula is C26H40F6N2O. The molecule has 1 saturated heterocycles. The van der Waals surface area contributed by atoms with E-state index in [1.54, 1.807) is 0 Å². The van der Waals surface area contributed by atoms with Crippen LogP contribution >= 0.6 is 0 Å². The van der Waals surface area contributed by atoms with Crippen LogP contribution in [0.15, 0.2) is 23.3 Å². The van der Waals surface area contributed by atoms with Gasteiger partial charge < -0.3 is 5.32 Å². The highest BCUT2D eigenvalue weighted by Gasteiger charge is 2.49. The molecule has 1 amide bonds. The van der Waals surface area contributed by atoms with Gasteiger partial charge in [0, 0.05) is 31.2 Å². The molecule has 1 aliphatic carbocycles. The molecule has 0 aromatic rings. The molecule has 2 aliphatic rings. The average Bonchev–Trinajstić information content (AvgIpc) is 3.11. The molecule has 3 nitrogen and oxygen atoms in total. The quantitative estimate of drug-likeness (QED) is 0.294. The van der Waals surface area contributed by atoms with Gasteiger partial charge in [0.25, 0.3) is 0 Å². The van der Waals surface area contributed by atoms with Gasteiger partial charge in [-0.25, -0.2) is 0 Å². The molecule has 2 rings (SSSR count). The standard InChI is InChI=1S/C26H40F6N2O/c1-17(2)24(10-9-22(13-24)34-15-18(3)6-7-19(4)16-34)23(35)33-14-21(8-11-25(27,28)29)12-20(5)26(30,31)32/h8,12,17-19,22H,6-7,9-11,13-16H2,1-5H3,(H,33,35)/b20-12+,21-8+. The Balaban J connectivity index is 2.17. The molecule has 0 bridgehead atoms. The minimum atomic E-state index is -4.65. The molecule has 1 saturated carbocycles. The van der Waals surface area contributed by atoms with Crippen molar-refractivity contribution in [3.05, 3.63) is 23.3 Å². The molecule has 1 N–H and O–H groups in total. The molecule has 4 unspecified atom stereocenters. The second-order valence-electron chi connectivity index (χ2n) is 11.1. The normalized spacial score (nSPS) is 30.0. The van der Waals surface area contributed by atoms with Gasteiger partial charge >= 0.3 is 12.4 Å². The third kappa shape index (κ3) is 8.53. The van der Waals surface area contributed by atoms with Crippen molar-refractivity contribution in [1.82, 2.24) is 10.2 Å². The van der Waals surface area contributed by atoms with Gasteiger partial charge in [0.15, 0.2) is 0 Å². The van der Waals surface area contributed by atoms with E-state index in [2.05, 4.69) is 24.1 Å². The van der Waals surface area contributed by atoms with Crippen LogP contribution in [0.4, 0.5) is 26.3 Å². The molecule has 202 valence electrons. The summed E-state index contributed by atoms with van der Waals surface area (Å²) >= 11 is 0. The van der Waals surface area contributed by atoms with Crippen LogP contribution in [-0.2, 0) is 4.79 Å². The lowest BCUT2D eigenvalue weighted by Crippen LogP contribution is -2.45. The first-order chi connectivity index (χ1) is 16.0. The van der Waals surface area contributed by atoms with E-state index >= 15 is 0 Å². The lowest BCUT2D eigenvalue weighted by atomic mass is 9.74. The van der Waals surface area contributed by atoms with Crippen LogP contribution in [-0.4, -0.2) is 48.8 Å². The fourth-order valence-electron chi connectivity index (χ4n) is 5.43. The fraction of sp³-hybridized carbons (Fsp3) is 0.808. The van der Waals surface area contributed by atoms with E-state index in [0.717, 1.165) is 32.5 Å². The maximum atomic E-state index is 13.4. The van der Waals surface area contributed by atoms with E-state index in [-0.39, 0.29) is 30.0 Å². The zero-order chi connectivity index (χ0) is 26.6. The van der Waals surface area contributed by atoms with E-state index in [0.29, 0.717) is 30.8 Å². The molecule has 35 heavy (non-hydrogen) atoms. The summed E-state index contributed by atoms with van der Waals surface area (Å²) in [6, 6.07) is 0.249. The smallest absolute Gasteiger partial charge is 0.352 e. The average molecular weight is 511 g/mol. The predicted molar refractivity (Wildman–Crippen MR) is 126 cm³/mol. The van der Waals surface area contributed by atoms with Gasteiger partial charge in [-0.3, -0.25) is 9.69 Å². The number of carbonyl (C=O) groups is 1. The molecule has 9 heteroatoms. The minimum Gasteiger partial charge on any atom is -0.352 e.